The molecule has 3 nitrogen and oxygen atoms in total. The van der Waals surface area contributed by atoms with Gasteiger partial charge in [0.1, 0.15) is 0 Å². The van der Waals surface area contributed by atoms with Crippen LogP contribution in [0.4, 0.5) is 5.69 Å². The number of benzene rings is 2. The van der Waals surface area contributed by atoms with Crippen LogP contribution in [0.1, 0.15) is 36.1 Å². The summed E-state index contributed by atoms with van der Waals surface area (Å²) >= 11 is 0. The highest BCUT2D eigenvalue weighted by atomic mass is 16.1. The van der Waals surface area contributed by atoms with Gasteiger partial charge in [-0.25, -0.2) is 0 Å². The van der Waals surface area contributed by atoms with Crippen LogP contribution in [0.15, 0.2) is 42.5 Å². The van der Waals surface area contributed by atoms with Crippen LogP contribution in [0.25, 0.3) is 0 Å². The lowest BCUT2D eigenvalue weighted by Crippen LogP contribution is -2.25. The average Bonchev–Trinajstić information content (AvgIpc) is 2.58. The molecule has 0 spiro atoms. The quantitative estimate of drug-likeness (QED) is 0.834. The molecule has 0 unspecified atom stereocenters. The molecule has 1 N–H and O–H groups in total. The minimum absolute atomic E-state index is 0.0646. The number of nitrogens with one attached hydrogen (secondary N) is 1. The second kappa shape index (κ2) is 8.53. The normalized spacial score (nSPS) is 10.5. The standard InChI is InChI=1S/C21H28N2O/c1-5-23(6-2)20-11-8-18(9-12-20)15-22-21(24)14-19-10-7-16(3)13-17(19)4/h7-13H,5-6,14-15H2,1-4H3,(H,22,24). The van der Waals surface area contributed by atoms with E-state index in [1.165, 1.54) is 16.8 Å². The fourth-order valence-corrected chi connectivity index (χ4v) is 2.89. The third-order valence-electron chi connectivity index (χ3n) is 4.40. The Bertz CT molecular complexity index is 673. The van der Waals surface area contributed by atoms with Gasteiger partial charge in [0, 0.05) is 25.3 Å². The summed E-state index contributed by atoms with van der Waals surface area (Å²) in [7, 11) is 0. The van der Waals surface area contributed by atoms with E-state index in [4.69, 9.17) is 0 Å². The average molecular weight is 324 g/mol. The maximum atomic E-state index is 12.2. The predicted molar refractivity (Wildman–Crippen MR) is 101 cm³/mol. The largest absolute Gasteiger partial charge is 0.372 e. The van der Waals surface area contributed by atoms with E-state index in [2.05, 4.69) is 74.3 Å². The number of anilines is 1. The molecule has 2 aromatic carbocycles. The maximum absolute atomic E-state index is 12.2. The Morgan fingerprint density at radius 1 is 1.00 bits per heavy atom. The highest BCUT2D eigenvalue weighted by molar-refractivity contribution is 5.79. The van der Waals surface area contributed by atoms with Gasteiger partial charge in [0.2, 0.25) is 5.91 Å². The van der Waals surface area contributed by atoms with E-state index in [9.17, 15) is 4.79 Å². The molecule has 1 amide bonds. The van der Waals surface area contributed by atoms with Crippen molar-refractivity contribution in [3.63, 3.8) is 0 Å². The van der Waals surface area contributed by atoms with Crippen molar-refractivity contribution in [2.75, 3.05) is 18.0 Å². The van der Waals surface area contributed by atoms with Crippen molar-refractivity contribution in [3.8, 4) is 0 Å². The summed E-state index contributed by atoms with van der Waals surface area (Å²) in [6.07, 6.45) is 0.434. The van der Waals surface area contributed by atoms with Gasteiger partial charge in [-0.2, -0.15) is 0 Å². The molecule has 0 aliphatic carbocycles. The molecule has 24 heavy (non-hydrogen) atoms. The second-order valence-electron chi connectivity index (χ2n) is 6.22. The van der Waals surface area contributed by atoms with Gasteiger partial charge in [-0.05, 0) is 56.5 Å². The maximum Gasteiger partial charge on any atom is 0.224 e. The Hall–Kier alpha value is -2.29. The summed E-state index contributed by atoms with van der Waals surface area (Å²) in [5, 5.41) is 3.01. The van der Waals surface area contributed by atoms with E-state index in [1.807, 2.05) is 6.07 Å². The molecule has 128 valence electrons. The Balaban J connectivity index is 1.89. The summed E-state index contributed by atoms with van der Waals surface area (Å²) in [6.45, 7) is 11.0. The Morgan fingerprint density at radius 3 is 2.25 bits per heavy atom. The van der Waals surface area contributed by atoms with Crippen LogP contribution in [0.2, 0.25) is 0 Å². The van der Waals surface area contributed by atoms with E-state index in [0.717, 1.165) is 24.2 Å². The molecule has 0 heterocycles. The first-order valence-corrected chi connectivity index (χ1v) is 8.70. The van der Waals surface area contributed by atoms with Crippen LogP contribution in [-0.4, -0.2) is 19.0 Å². The molecular formula is C21H28N2O. The van der Waals surface area contributed by atoms with Crippen molar-refractivity contribution in [3.05, 3.63) is 64.7 Å². The number of amides is 1. The second-order valence-corrected chi connectivity index (χ2v) is 6.22. The van der Waals surface area contributed by atoms with E-state index in [0.29, 0.717) is 13.0 Å². The SMILES string of the molecule is CCN(CC)c1ccc(CNC(=O)Cc2ccc(C)cc2C)cc1. The number of nitrogens with zero attached hydrogens (tertiary/aromatic N) is 1. The minimum atomic E-state index is 0.0646. The number of hydrogen-bond donors (Lipinski definition) is 1. The molecule has 0 atom stereocenters. The van der Waals surface area contributed by atoms with Gasteiger partial charge >= 0.3 is 0 Å². The first kappa shape index (κ1) is 18.1. The van der Waals surface area contributed by atoms with Crippen LogP contribution in [-0.2, 0) is 17.8 Å². The van der Waals surface area contributed by atoms with Gasteiger partial charge in [0.25, 0.3) is 0 Å². The van der Waals surface area contributed by atoms with Gasteiger partial charge < -0.3 is 10.2 Å². The first-order chi connectivity index (χ1) is 11.5. The van der Waals surface area contributed by atoms with E-state index < -0.39 is 0 Å². The molecule has 0 bridgehead atoms. The fourth-order valence-electron chi connectivity index (χ4n) is 2.89. The zero-order valence-corrected chi connectivity index (χ0v) is 15.2. The van der Waals surface area contributed by atoms with Crippen molar-refractivity contribution in [1.82, 2.24) is 5.32 Å². The first-order valence-electron chi connectivity index (χ1n) is 8.70. The third kappa shape index (κ3) is 4.85. The zero-order chi connectivity index (χ0) is 17.5. The zero-order valence-electron chi connectivity index (χ0n) is 15.2. The summed E-state index contributed by atoms with van der Waals surface area (Å²) < 4.78 is 0. The lowest BCUT2D eigenvalue weighted by atomic mass is 10.0. The third-order valence-corrected chi connectivity index (χ3v) is 4.40. The van der Waals surface area contributed by atoms with E-state index in [-0.39, 0.29) is 5.91 Å². The smallest absolute Gasteiger partial charge is 0.224 e. The molecule has 2 rings (SSSR count). The molecule has 0 aromatic heterocycles. The summed E-state index contributed by atoms with van der Waals surface area (Å²) in [4.78, 5) is 14.5. The molecular weight excluding hydrogens is 296 g/mol. The molecule has 0 radical (unpaired) electrons. The van der Waals surface area contributed by atoms with Crippen LogP contribution in [0, 0.1) is 13.8 Å². The number of hydrogen-bond acceptors (Lipinski definition) is 2. The topological polar surface area (TPSA) is 32.3 Å². The lowest BCUT2D eigenvalue weighted by Gasteiger charge is -2.21. The van der Waals surface area contributed by atoms with Gasteiger partial charge in [-0.1, -0.05) is 35.9 Å². The van der Waals surface area contributed by atoms with Gasteiger partial charge in [0.05, 0.1) is 6.42 Å². The van der Waals surface area contributed by atoms with Crippen molar-refractivity contribution in [2.45, 2.75) is 40.7 Å². The van der Waals surface area contributed by atoms with Crippen LogP contribution < -0.4 is 10.2 Å². The highest BCUT2D eigenvalue weighted by Crippen LogP contribution is 2.15. The summed E-state index contributed by atoms with van der Waals surface area (Å²) in [5.74, 6) is 0.0646. The number of aryl methyl sites for hydroxylation is 2. The van der Waals surface area contributed by atoms with Crippen LogP contribution in [0.3, 0.4) is 0 Å². The lowest BCUT2D eigenvalue weighted by molar-refractivity contribution is -0.120. The van der Waals surface area contributed by atoms with Gasteiger partial charge in [-0.15, -0.1) is 0 Å². The minimum Gasteiger partial charge on any atom is -0.372 e. The molecule has 3 heteroatoms. The Labute approximate surface area is 145 Å². The Morgan fingerprint density at radius 2 is 1.67 bits per heavy atom. The van der Waals surface area contributed by atoms with Crippen molar-refractivity contribution in [2.24, 2.45) is 0 Å². The van der Waals surface area contributed by atoms with Crippen molar-refractivity contribution < 1.29 is 4.79 Å². The summed E-state index contributed by atoms with van der Waals surface area (Å²) in [5.41, 5.74) is 5.85. The van der Waals surface area contributed by atoms with Crippen LogP contribution in [0.5, 0.6) is 0 Å². The molecule has 0 fully saturated rings. The van der Waals surface area contributed by atoms with E-state index >= 15 is 0 Å². The monoisotopic (exact) mass is 324 g/mol. The molecule has 0 aliphatic heterocycles. The number of rotatable bonds is 7. The van der Waals surface area contributed by atoms with E-state index in [1.54, 1.807) is 0 Å². The van der Waals surface area contributed by atoms with Gasteiger partial charge in [0.15, 0.2) is 0 Å². The number of carbonyl (C=O) groups is 1. The van der Waals surface area contributed by atoms with Crippen LogP contribution >= 0.6 is 0 Å². The molecule has 0 saturated carbocycles. The Kier molecular flexibility index (Phi) is 6.42. The molecule has 0 saturated heterocycles. The van der Waals surface area contributed by atoms with Crippen molar-refractivity contribution in [1.29, 1.82) is 0 Å². The number of carbonyl (C=O) groups excluding carboxylic acids is 1. The highest BCUT2D eigenvalue weighted by Gasteiger charge is 2.07. The summed E-state index contributed by atoms with van der Waals surface area (Å²) in [6, 6.07) is 14.6. The fraction of sp³-hybridized carbons (Fsp3) is 0.381. The predicted octanol–water partition coefficient (Wildman–Crippen LogP) is 4.01. The van der Waals surface area contributed by atoms with Gasteiger partial charge in [-0.3, -0.25) is 4.79 Å². The van der Waals surface area contributed by atoms with Crippen molar-refractivity contribution >= 4 is 11.6 Å². The molecule has 2 aromatic rings. The molecule has 0 aliphatic rings.